The lowest BCUT2D eigenvalue weighted by molar-refractivity contribution is 0.131. The van der Waals surface area contributed by atoms with E-state index in [1.165, 1.54) is 0 Å². The molecule has 1 atom stereocenters. The Morgan fingerprint density at radius 1 is 1.35 bits per heavy atom. The second kappa shape index (κ2) is 6.50. The van der Waals surface area contributed by atoms with E-state index in [0.29, 0.717) is 6.54 Å². The summed E-state index contributed by atoms with van der Waals surface area (Å²) in [6.45, 7) is 7.81. The first kappa shape index (κ1) is 13.8. The number of nitrogens with zero attached hydrogens (tertiary/aromatic N) is 1. The van der Waals surface area contributed by atoms with E-state index in [1.807, 2.05) is 38.1 Å². The van der Waals surface area contributed by atoms with E-state index in [1.54, 1.807) is 0 Å². The summed E-state index contributed by atoms with van der Waals surface area (Å²) in [5.74, 6) is 0.274. The molecule has 0 radical (unpaired) electrons. The highest BCUT2D eigenvalue weighted by Crippen LogP contribution is 2.19. The summed E-state index contributed by atoms with van der Waals surface area (Å²) in [5.41, 5.74) is 7.65. The first-order valence-corrected chi connectivity index (χ1v) is 6.33. The normalized spacial score (nSPS) is 12.8. The molecule has 1 aromatic carbocycles. The van der Waals surface area contributed by atoms with Crippen LogP contribution < -0.4 is 10.6 Å². The molecule has 1 rings (SSSR count). The van der Waals surface area contributed by atoms with Gasteiger partial charge in [0, 0.05) is 24.5 Å². The van der Waals surface area contributed by atoms with Crippen molar-refractivity contribution in [1.82, 2.24) is 0 Å². The number of hydrogen-bond donors (Lipinski definition) is 2. The molecule has 0 bridgehead atoms. The van der Waals surface area contributed by atoms with Crippen LogP contribution in [0.1, 0.15) is 27.2 Å². The predicted octanol–water partition coefficient (Wildman–Crippen LogP) is 2.50. The molecule has 1 aromatic rings. The van der Waals surface area contributed by atoms with E-state index in [2.05, 4.69) is 11.8 Å². The van der Waals surface area contributed by atoms with Gasteiger partial charge in [0.15, 0.2) is 0 Å². The molecule has 3 N–H and O–H groups in total. The SMILES string of the molecule is CCCN(CC(O)C(C)C)c1cccc(N)c1. The minimum absolute atomic E-state index is 0.274. The fourth-order valence-corrected chi connectivity index (χ4v) is 1.75. The maximum absolute atomic E-state index is 9.98. The second-order valence-electron chi connectivity index (χ2n) is 4.85. The molecule has 3 heteroatoms. The highest BCUT2D eigenvalue weighted by molar-refractivity contribution is 5.55. The van der Waals surface area contributed by atoms with Gasteiger partial charge < -0.3 is 15.7 Å². The van der Waals surface area contributed by atoms with Crippen molar-refractivity contribution >= 4 is 11.4 Å². The zero-order valence-corrected chi connectivity index (χ0v) is 11.1. The molecular formula is C14H24N2O. The van der Waals surface area contributed by atoms with Gasteiger partial charge in [0.1, 0.15) is 0 Å². The molecule has 0 saturated carbocycles. The lowest BCUT2D eigenvalue weighted by atomic mass is 10.1. The minimum atomic E-state index is -0.303. The maximum atomic E-state index is 9.98. The van der Waals surface area contributed by atoms with Crippen molar-refractivity contribution in [2.24, 2.45) is 5.92 Å². The van der Waals surface area contributed by atoms with Gasteiger partial charge in [-0.25, -0.2) is 0 Å². The van der Waals surface area contributed by atoms with Gasteiger partial charge in [0.25, 0.3) is 0 Å². The molecule has 0 heterocycles. The van der Waals surface area contributed by atoms with E-state index in [0.717, 1.165) is 24.3 Å². The van der Waals surface area contributed by atoms with Gasteiger partial charge in [-0.15, -0.1) is 0 Å². The summed E-state index contributed by atoms with van der Waals surface area (Å²) in [4.78, 5) is 2.20. The Kier molecular flexibility index (Phi) is 5.29. The van der Waals surface area contributed by atoms with Crippen molar-refractivity contribution in [2.45, 2.75) is 33.3 Å². The minimum Gasteiger partial charge on any atom is -0.399 e. The van der Waals surface area contributed by atoms with Gasteiger partial charge in [-0.3, -0.25) is 0 Å². The largest absolute Gasteiger partial charge is 0.399 e. The Labute approximate surface area is 104 Å². The lowest BCUT2D eigenvalue weighted by Gasteiger charge is -2.28. The van der Waals surface area contributed by atoms with Crippen LogP contribution >= 0.6 is 0 Å². The summed E-state index contributed by atoms with van der Waals surface area (Å²) in [7, 11) is 0. The molecule has 0 fully saturated rings. The molecule has 0 aromatic heterocycles. The first-order valence-electron chi connectivity index (χ1n) is 6.33. The molecular weight excluding hydrogens is 212 g/mol. The maximum Gasteiger partial charge on any atom is 0.0737 e. The molecule has 0 aliphatic heterocycles. The van der Waals surface area contributed by atoms with Crippen LogP contribution in [0.15, 0.2) is 24.3 Å². The molecule has 0 aliphatic rings. The van der Waals surface area contributed by atoms with Crippen molar-refractivity contribution in [3.8, 4) is 0 Å². The number of aliphatic hydroxyl groups excluding tert-OH is 1. The van der Waals surface area contributed by atoms with Gasteiger partial charge in [-0.2, -0.15) is 0 Å². The Morgan fingerprint density at radius 2 is 2.06 bits per heavy atom. The second-order valence-corrected chi connectivity index (χ2v) is 4.85. The Hall–Kier alpha value is -1.22. The number of nitrogens with two attached hydrogens (primary N) is 1. The first-order chi connectivity index (χ1) is 8.04. The zero-order valence-electron chi connectivity index (χ0n) is 11.1. The van der Waals surface area contributed by atoms with Gasteiger partial charge >= 0.3 is 0 Å². The van der Waals surface area contributed by atoms with E-state index in [9.17, 15) is 5.11 Å². The van der Waals surface area contributed by atoms with E-state index in [-0.39, 0.29) is 12.0 Å². The van der Waals surface area contributed by atoms with Crippen LogP contribution in [0.25, 0.3) is 0 Å². The van der Waals surface area contributed by atoms with Crippen LogP contribution in [0.5, 0.6) is 0 Å². The third-order valence-corrected chi connectivity index (χ3v) is 2.91. The Morgan fingerprint density at radius 3 is 2.59 bits per heavy atom. The van der Waals surface area contributed by atoms with Crippen LogP contribution in [-0.4, -0.2) is 24.3 Å². The van der Waals surface area contributed by atoms with Crippen molar-refractivity contribution in [2.75, 3.05) is 23.7 Å². The summed E-state index contributed by atoms with van der Waals surface area (Å²) < 4.78 is 0. The summed E-state index contributed by atoms with van der Waals surface area (Å²) in [5, 5.41) is 9.98. The van der Waals surface area contributed by atoms with Crippen LogP contribution in [0, 0.1) is 5.92 Å². The standard InChI is InChI=1S/C14H24N2O/c1-4-8-16(10-14(17)11(2)3)13-7-5-6-12(15)9-13/h5-7,9,11,14,17H,4,8,10,15H2,1-3H3. The highest BCUT2D eigenvalue weighted by atomic mass is 16.3. The van der Waals surface area contributed by atoms with Crippen LogP contribution in [0.3, 0.4) is 0 Å². The lowest BCUT2D eigenvalue weighted by Crippen LogP contribution is -2.35. The molecule has 0 spiro atoms. The van der Waals surface area contributed by atoms with Crippen molar-refractivity contribution in [3.05, 3.63) is 24.3 Å². The summed E-state index contributed by atoms with van der Waals surface area (Å²) in [6.07, 6.45) is 0.752. The fraction of sp³-hybridized carbons (Fsp3) is 0.571. The Balaban J connectivity index is 2.78. The van der Waals surface area contributed by atoms with E-state index < -0.39 is 0 Å². The van der Waals surface area contributed by atoms with E-state index in [4.69, 9.17) is 5.73 Å². The number of hydrogen-bond acceptors (Lipinski definition) is 3. The third-order valence-electron chi connectivity index (χ3n) is 2.91. The fourth-order valence-electron chi connectivity index (χ4n) is 1.75. The highest BCUT2D eigenvalue weighted by Gasteiger charge is 2.14. The molecule has 0 aliphatic carbocycles. The van der Waals surface area contributed by atoms with Crippen molar-refractivity contribution in [1.29, 1.82) is 0 Å². The average molecular weight is 236 g/mol. The average Bonchev–Trinajstić information content (AvgIpc) is 2.28. The summed E-state index contributed by atoms with van der Waals surface area (Å²) in [6, 6.07) is 7.84. The summed E-state index contributed by atoms with van der Waals surface area (Å²) >= 11 is 0. The number of rotatable bonds is 6. The number of nitrogen functional groups attached to an aromatic ring is 1. The Bertz CT molecular complexity index is 339. The van der Waals surface area contributed by atoms with Crippen LogP contribution in [0.2, 0.25) is 0 Å². The van der Waals surface area contributed by atoms with Crippen LogP contribution in [0.4, 0.5) is 11.4 Å². The monoisotopic (exact) mass is 236 g/mol. The molecule has 96 valence electrons. The van der Waals surface area contributed by atoms with E-state index >= 15 is 0 Å². The number of aliphatic hydroxyl groups is 1. The molecule has 17 heavy (non-hydrogen) atoms. The number of benzene rings is 1. The number of anilines is 2. The van der Waals surface area contributed by atoms with Gasteiger partial charge in [-0.05, 0) is 30.5 Å². The molecule has 1 unspecified atom stereocenters. The zero-order chi connectivity index (χ0) is 12.8. The van der Waals surface area contributed by atoms with Gasteiger partial charge in [-0.1, -0.05) is 26.8 Å². The molecule has 0 amide bonds. The quantitative estimate of drug-likeness (QED) is 0.746. The van der Waals surface area contributed by atoms with Crippen molar-refractivity contribution in [3.63, 3.8) is 0 Å². The smallest absolute Gasteiger partial charge is 0.0737 e. The third kappa shape index (κ3) is 4.27. The molecule has 0 saturated heterocycles. The van der Waals surface area contributed by atoms with Gasteiger partial charge in [0.2, 0.25) is 0 Å². The molecule has 3 nitrogen and oxygen atoms in total. The van der Waals surface area contributed by atoms with Crippen molar-refractivity contribution < 1.29 is 5.11 Å². The van der Waals surface area contributed by atoms with Crippen LogP contribution in [-0.2, 0) is 0 Å². The van der Waals surface area contributed by atoms with Gasteiger partial charge in [0.05, 0.1) is 6.10 Å². The predicted molar refractivity (Wildman–Crippen MR) is 74.2 cm³/mol. The topological polar surface area (TPSA) is 49.5 Å².